The van der Waals surface area contributed by atoms with Crippen LogP contribution < -0.4 is 14.8 Å². The predicted octanol–water partition coefficient (Wildman–Crippen LogP) is 3.26. The van der Waals surface area contributed by atoms with Crippen LogP contribution in [-0.2, 0) is 16.6 Å². The van der Waals surface area contributed by atoms with Crippen molar-refractivity contribution < 1.29 is 23.8 Å². The minimum atomic E-state index is -0.634. The van der Waals surface area contributed by atoms with E-state index < -0.39 is 18.5 Å². The summed E-state index contributed by atoms with van der Waals surface area (Å²) in [5.74, 6) is 0.384. The van der Waals surface area contributed by atoms with Gasteiger partial charge in [0, 0.05) is 23.7 Å². The molecule has 2 heterocycles. The summed E-state index contributed by atoms with van der Waals surface area (Å²) in [6, 6.07) is 13.6. The van der Waals surface area contributed by atoms with E-state index in [1.165, 1.54) is 10.7 Å². The van der Waals surface area contributed by atoms with Crippen molar-refractivity contribution in [2.75, 3.05) is 18.7 Å². The van der Waals surface area contributed by atoms with Gasteiger partial charge in [-0.1, -0.05) is 23.7 Å². The minimum Gasteiger partial charge on any atom is -0.454 e. The van der Waals surface area contributed by atoms with Gasteiger partial charge >= 0.3 is 5.97 Å². The third-order valence-electron chi connectivity index (χ3n) is 4.23. The summed E-state index contributed by atoms with van der Waals surface area (Å²) in [4.78, 5) is 24.3. The van der Waals surface area contributed by atoms with Crippen molar-refractivity contribution in [3.05, 3.63) is 59.1 Å². The highest BCUT2D eigenvalue weighted by atomic mass is 35.5. The average Bonchev–Trinajstić information content (AvgIpc) is 3.33. The zero-order valence-electron chi connectivity index (χ0n) is 15.3. The second kappa shape index (κ2) is 7.84. The summed E-state index contributed by atoms with van der Waals surface area (Å²) >= 11 is 5.90. The van der Waals surface area contributed by atoms with E-state index >= 15 is 0 Å². The molecule has 0 saturated carbocycles. The van der Waals surface area contributed by atoms with Gasteiger partial charge < -0.3 is 19.5 Å². The largest absolute Gasteiger partial charge is 0.454 e. The molecule has 0 aliphatic carbocycles. The first-order valence-corrected chi connectivity index (χ1v) is 9.04. The van der Waals surface area contributed by atoms with Crippen LogP contribution in [0.1, 0.15) is 10.4 Å². The van der Waals surface area contributed by atoms with Crippen molar-refractivity contribution in [2.45, 2.75) is 0 Å². The molecule has 4 rings (SSSR count). The molecule has 0 fully saturated rings. The standard InChI is InChI=1S/C20H16ClN3O5/c1-24-18(9-15(23-24)12-2-5-14(21)6-3-12)22-19(25)10-27-20(26)13-4-7-16-17(8-13)29-11-28-16/h2-9H,10-11H2,1H3,(H,22,25). The van der Waals surface area contributed by atoms with Gasteiger partial charge in [-0.3, -0.25) is 9.48 Å². The van der Waals surface area contributed by atoms with Crippen molar-refractivity contribution in [3.8, 4) is 22.8 Å². The van der Waals surface area contributed by atoms with E-state index in [4.69, 9.17) is 25.8 Å². The monoisotopic (exact) mass is 413 g/mol. The first-order valence-electron chi connectivity index (χ1n) is 8.66. The zero-order valence-corrected chi connectivity index (χ0v) is 16.1. The maximum atomic E-state index is 12.2. The van der Waals surface area contributed by atoms with Crippen LogP contribution in [0.2, 0.25) is 5.02 Å². The zero-order chi connectivity index (χ0) is 20.4. The summed E-state index contributed by atoms with van der Waals surface area (Å²) in [5.41, 5.74) is 1.81. The van der Waals surface area contributed by atoms with Crippen LogP contribution in [0, 0.1) is 0 Å². The fourth-order valence-electron chi connectivity index (χ4n) is 2.76. The fraction of sp³-hybridized carbons (Fsp3) is 0.150. The van der Waals surface area contributed by atoms with E-state index in [-0.39, 0.29) is 12.4 Å². The van der Waals surface area contributed by atoms with Crippen LogP contribution in [0.4, 0.5) is 5.82 Å². The Labute approximate surface area is 170 Å². The van der Waals surface area contributed by atoms with Gasteiger partial charge in [0.1, 0.15) is 5.82 Å². The Morgan fingerprint density at radius 2 is 1.90 bits per heavy atom. The van der Waals surface area contributed by atoms with Crippen LogP contribution in [-0.4, -0.2) is 35.1 Å². The molecule has 1 aliphatic rings. The number of carbonyl (C=O) groups excluding carboxylic acids is 2. The number of nitrogens with zero attached hydrogens (tertiary/aromatic N) is 2. The van der Waals surface area contributed by atoms with Gasteiger partial charge in [-0.15, -0.1) is 0 Å². The summed E-state index contributed by atoms with van der Waals surface area (Å²) in [5, 5.41) is 7.67. The number of hydrogen-bond donors (Lipinski definition) is 1. The number of amides is 1. The van der Waals surface area contributed by atoms with Crippen LogP contribution >= 0.6 is 11.6 Å². The van der Waals surface area contributed by atoms with Gasteiger partial charge in [-0.05, 0) is 30.3 Å². The Bertz CT molecular complexity index is 1080. The highest BCUT2D eigenvalue weighted by Gasteiger charge is 2.18. The van der Waals surface area contributed by atoms with Crippen LogP contribution in [0.3, 0.4) is 0 Å². The summed E-state index contributed by atoms with van der Waals surface area (Å²) in [6.45, 7) is -0.326. The predicted molar refractivity (Wildman–Crippen MR) is 105 cm³/mol. The second-order valence-electron chi connectivity index (χ2n) is 6.24. The normalized spacial score (nSPS) is 11.9. The number of nitrogens with one attached hydrogen (secondary N) is 1. The molecule has 0 bridgehead atoms. The number of esters is 1. The van der Waals surface area contributed by atoms with Gasteiger partial charge in [0.05, 0.1) is 11.3 Å². The molecule has 1 amide bonds. The molecule has 0 radical (unpaired) electrons. The van der Waals surface area contributed by atoms with E-state index in [9.17, 15) is 9.59 Å². The second-order valence-corrected chi connectivity index (χ2v) is 6.67. The summed E-state index contributed by atoms with van der Waals surface area (Å²) in [6.07, 6.45) is 0. The fourth-order valence-corrected chi connectivity index (χ4v) is 2.89. The van der Waals surface area contributed by atoms with Gasteiger partial charge in [-0.2, -0.15) is 5.10 Å². The molecule has 2 aromatic carbocycles. The molecule has 9 heteroatoms. The summed E-state index contributed by atoms with van der Waals surface area (Å²) < 4.78 is 17.0. The van der Waals surface area contributed by atoms with Crippen molar-refractivity contribution >= 4 is 29.3 Å². The van der Waals surface area contributed by atoms with E-state index in [2.05, 4.69) is 10.4 Å². The third-order valence-corrected chi connectivity index (χ3v) is 4.48. The number of anilines is 1. The lowest BCUT2D eigenvalue weighted by molar-refractivity contribution is -0.119. The van der Waals surface area contributed by atoms with Crippen molar-refractivity contribution in [3.63, 3.8) is 0 Å². The maximum Gasteiger partial charge on any atom is 0.338 e. The van der Waals surface area contributed by atoms with E-state index in [0.717, 1.165) is 5.56 Å². The Balaban J connectivity index is 1.36. The van der Waals surface area contributed by atoms with Crippen molar-refractivity contribution in [1.82, 2.24) is 9.78 Å². The Hall–Kier alpha value is -3.52. The Morgan fingerprint density at radius 1 is 1.14 bits per heavy atom. The molecule has 8 nitrogen and oxygen atoms in total. The lowest BCUT2D eigenvalue weighted by atomic mass is 10.1. The van der Waals surface area contributed by atoms with Crippen molar-refractivity contribution in [1.29, 1.82) is 0 Å². The van der Waals surface area contributed by atoms with E-state index in [0.29, 0.717) is 28.0 Å². The van der Waals surface area contributed by atoms with Gasteiger partial charge in [0.15, 0.2) is 18.1 Å². The van der Waals surface area contributed by atoms with Crippen LogP contribution in [0.5, 0.6) is 11.5 Å². The topological polar surface area (TPSA) is 91.7 Å². The van der Waals surface area contributed by atoms with E-state index in [1.807, 2.05) is 12.1 Å². The third kappa shape index (κ3) is 4.17. The molecule has 29 heavy (non-hydrogen) atoms. The van der Waals surface area contributed by atoms with Gasteiger partial charge in [0.2, 0.25) is 6.79 Å². The first-order chi connectivity index (χ1) is 14.0. The number of carbonyl (C=O) groups is 2. The number of aromatic nitrogens is 2. The van der Waals surface area contributed by atoms with Gasteiger partial charge in [0.25, 0.3) is 5.91 Å². The van der Waals surface area contributed by atoms with Crippen molar-refractivity contribution in [2.24, 2.45) is 7.05 Å². The average molecular weight is 414 g/mol. The number of halogens is 1. The Kier molecular flexibility index (Phi) is 5.09. The molecule has 1 aliphatic heterocycles. The van der Waals surface area contributed by atoms with Crippen LogP contribution in [0.25, 0.3) is 11.3 Å². The number of hydrogen-bond acceptors (Lipinski definition) is 6. The number of rotatable bonds is 5. The lowest BCUT2D eigenvalue weighted by Crippen LogP contribution is -2.22. The highest BCUT2D eigenvalue weighted by molar-refractivity contribution is 6.30. The molecule has 0 atom stereocenters. The molecule has 0 unspecified atom stereocenters. The maximum absolute atomic E-state index is 12.2. The number of aryl methyl sites for hydroxylation is 1. The molecular weight excluding hydrogens is 398 g/mol. The molecule has 1 aromatic heterocycles. The number of benzene rings is 2. The molecule has 148 valence electrons. The van der Waals surface area contributed by atoms with Crippen LogP contribution in [0.15, 0.2) is 48.5 Å². The minimum absolute atomic E-state index is 0.110. The molecule has 0 saturated heterocycles. The molecule has 3 aromatic rings. The first kappa shape index (κ1) is 18.8. The van der Waals surface area contributed by atoms with E-state index in [1.54, 1.807) is 37.4 Å². The smallest absolute Gasteiger partial charge is 0.338 e. The van der Waals surface area contributed by atoms with Gasteiger partial charge in [-0.25, -0.2) is 4.79 Å². The quantitative estimate of drug-likeness (QED) is 0.645. The molecular formula is C20H16ClN3O5. The SMILES string of the molecule is Cn1nc(-c2ccc(Cl)cc2)cc1NC(=O)COC(=O)c1ccc2c(c1)OCO2. The lowest BCUT2D eigenvalue weighted by Gasteiger charge is -2.07. The Morgan fingerprint density at radius 3 is 2.69 bits per heavy atom. The molecule has 1 N–H and O–H groups in total. The number of ether oxygens (including phenoxy) is 3. The molecule has 0 spiro atoms. The number of fused-ring (bicyclic) bond motifs is 1. The highest BCUT2D eigenvalue weighted by Crippen LogP contribution is 2.32. The summed E-state index contributed by atoms with van der Waals surface area (Å²) in [7, 11) is 1.70.